The number of unbranched alkanes of at least 4 members (excludes halogenated alkanes) is 1. The van der Waals surface area contributed by atoms with Gasteiger partial charge in [0.25, 0.3) is 0 Å². The van der Waals surface area contributed by atoms with Gasteiger partial charge in [-0.1, -0.05) is 6.42 Å². The summed E-state index contributed by atoms with van der Waals surface area (Å²) in [5, 5.41) is 0. The van der Waals surface area contributed by atoms with Crippen LogP contribution in [0.5, 0.6) is 0 Å². The topological polar surface area (TPSA) is 104 Å². The molecule has 0 aromatic carbocycles. The smallest absolute Gasteiger partial charge is 0.00398 e. The van der Waals surface area contributed by atoms with Gasteiger partial charge in [0.1, 0.15) is 0 Å². The van der Waals surface area contributed by atoms with Crippen molar-refractivity contribution in [2.45, 2.75) is 57.0 Å². The van der Waals surface area contributed by atoms with Gasteiger partial charge in [-0.25, -0.2) is 0 Å². The minimum absolute atomic E-state index is 0.272. The van der Waals surface area contributed by atoms with E-state index in [1.165, 1.54) is 0 Å². The lowest BCUT2D eigenvalue weighted by atomic mass is 10.00. The highest BCUT2D eigenvalue weighted by atomic mass is 14.7. The van der Waals surface area contributed by atoms with Crippen molar-refractivity contribution in [1.82, 2.24) is 0 Å². The molecule has 4 heteroatoms. The summed E-state index contributed by atoms with van der Waals surface area (Å²) < 4.78 is 0. The molecule has 15 heavy (non-hydrogen) atoms. The summed E-state index contributed by atoms with van der Waals surface area (Å²) in [6.45, 7) is 1.50. The van der Waals surface area contributed by atoms with E-state index in [0.29, 0.717) is 6.04 Å². The van der Waals surface area contributed by atoms with E-state index in [0.717, 1.165) is 58.0 Å². The van der Waals surface area contributed by atoms with Gasteiger partial charge in [-0.15, -0.1) is 0 Å². The molecule has 0 bridgehead atoms. The fourth-order valence-electron chi connectivity index (χ4n) is 1.65. The molecule has 0 aromatic heterocycles. The Morgan fingerprint density at radius 2 is 1.07 bits per heavy atom. The Morgan fingerprint density at radius 1 is 0.600 bits per heavy atom. The molecule has 0 aromatic rings. The first-order valence-electron chi connectivity index (χ1n) is 6.12. The highest BCUT2D eigenvalue weighted by molar-refractivity contribution is 4.68. The van der Waals surface area contributed by atoms with Crippen molar-refractivity contribution in [2.24, 2.45) is 22.9 Å². The lowest BCUT2D eigenvalue weighted by Gasteiger charge is -2.15. The second kappa shape index (κ2) is 10.4. The van der Waals surface area contributed by atoms with Gasteiger partial charge >= 0.3 is 0 Å². The van der Waals surface area contributed by atoms with Gasteiger partial charge < -0.3 is 22.9 Å². The van der Waals surface area contributed by atoms with E-state index < -0.39 is 0 Å². The minimum Gasteiger partial charge on any atom is -0.330 e. The van der Waals surface area contributed by atoms with Crippen molar-refractivity contribution in [1.29, 1.82) is 0 Å². The van der Waals surface area contributed by atoms with Gasteiger partial charge in [-0.05, 0) is 51.6 Å². The SMILES string of the molecule is NCCCCC(N)CCC(N)CCCN. The maximum Gasteiger partial charge on any atom is 0.00398 e. The van der Waals surface area contributed by atoms with Crippen LogP contribution in [-0.2, 0) is 0 Å². The highest BCUT2D eigenvalue weighted by Gasteiger charge is 2.06. The van der Waals surface area contributed by atoms with Gasteiger partial charge in [0, 0.05) is 12.1 Å². The second-order valence-corrected chi connectivity index (χ2v) is 4.31. The van der Waals surface area contributed by atoms with E-state index >= 15 is 0 Å². The number of rotatable bonds is 10. The van der Waals surface area contributed by atoms with Crippen LogP contribution >= 0.6 is 0 Å². The summed E-state index contributed by atoms with van der Waals surface area (Å²) in [7, 11) is 0. The highest BCUT2D eigenvalue weighted by Crippen LogP contribution is 2.08. The van der Waals surface area contributed by atoms with Crippen molar-refractivity contribution in [2.75, 3.05) is 13.1 Å². The molecule has 0 spiro atoms. The largest absolute Gasteiger partial charge is 0.330 e. The Morgan fingerprint density at radius 3 is 1.53 bits per heavy atom. The maximum atomic E-state index is 5.97. The van der Waals surface area contributed by atoms with Crippen LogP contribution in [0, 0.1) is 0 Å². The fraction of sp³-hybridized carbons (Fsp3) is 1.00. The summed E-state index contributed by atoms with van der Waals surface area (Å²) in [6.07, 6.45) is 7.36. The van der Waals surface area contributed by atoms with Gasteiger partial charge in [0.15, 0.2) is 0 Å². The van der Waals surface area contributed by atoms with Crippen molar-refractivity contribution in [3.63, 3.8) is 0 Å². The van der Waals surface area contributed by atoms with Gasteiger partial charge in [-0.2, -0.15) is 0 Å². The van der Waals surface area contributed by atoms with Crippen molar-refractivity contribution in [3.8, 4) is 0 Å². The van der Waals surface area contributed by atoms with E-state index in [2.05, 4.69) is 0 Å². The van der Waals surface area contributed by atoms with E-state index in [-0.39, 0.29) is 6.04 Å². The van der Waals surface area contributed by atoms with Crippen LogP contribution in [0.3, 0.4) is 0 Å². The van der Waals surface area contributed by atoms with Gasteiger partial charge in [-0.3, -0.25) is 0 Å². The van der Waals surface area contributed by atoms with Gasteiger partial charge in [0.05, 0.1) is 0 Å². The third-order valence-corrected chi connectivity index (χ3v) is 2.72. The molecule has 0 rings (SSSR count). The van der Waals surface area contributed by atoms with E-state index in [1.54, 1.807) is 0 Å². The predicted octanol–water partition coefficient (Wildman–Crippen LogP) is 0.289. The van der Waals surface area contributed by atoms with Crippen molar-refractivity contribution >= 4 is 0 Å². The normalized spacial score (nSPS) is 15.2. The number of hydrogen-bond acceptors (Lipinski definition) is 4. The molecule has 0 saturated heterocycles. The minimum atomic E-state index is 0.272. The molecule has 92 valence electrons. The van der Waals surface area contributed by atoms with Crippen molar-refractivity contribution < 1.29 is 0 Å². The molecule has 0 heterocycles. The lowest BCUT2D eigenvalue weighted by molar-refractivity contribution is 0.463. The Labute approximate surface area is 93.7 Å². The van der Waals surface area contributed by atoms with Crippen LogP contribution in [-0.4, -0.2) is 25.2 Å². The quantitative estimate of drug-likeness (QED) is 0.394. The summed E-state index contributed by atoms with van der Waals surface area (Å²) >= 11 is 0. The fourth-order valence-corrected chi connectivity index (χ4v) is 1.65. The molecular formula is C11H28N4. The molecule has 0 aliphatic heterocycles. The Bertz CT molecular complexity index is 130. The Balaban J connectivity index is 3.31. The van der Waals surface area contributed by atoms with Crippen LogP contribution in [0.25, 0.3) is 0 Å². The predicted molar refractivity (Wildman–Crippen MR) is 66.4 cm³/mol. The molecule has 2 unspecified atom stereocenters. The lowest BCUT2D eigenvalue weighted by Crippen LogP contribution is -2.26. The van der Waals surface area contributed by atoms with E-state index in [4.69, 9.17) is 22.9 Å². The molecule has 0 radical (unpaired) electrons. The average molecular weight is 216 g/mol. The maximum absolute atomic E-state index is 5.97. The number of hydrogen-bond donors (Lipinski definition) is 4. The zero-order valence-corrected chi connectivity index (χ0v) is 9.83. The monoisotopic (exact) mass is 216 g/mol. The number of nitrogens with two attached hydrogens (primary N) is 4. The van der Waals surface area contributed by atoms with Crippen LogP contribution in [0.15, 0.2) is 0 Å². The van der Waals surface area contributed by atoms with Crippen molar-refractivity contribution in [3.05, 3.63) is 0 Å². The van der Waals surface area contributed by atoms with Gasteiger partial charge in [0.2, 0.25) is 0 Å². The first-order chi connectivity index (χ1) is 7.20. The summed E-state index contributed by atoms with van der Waals surface area (Å²) in [5.41, 5.74) is 22.7. The molecule has 2 atom stereocenters. The Kier molecular flexibility index (Phi) is 10.3. The Hall–Kier alpha value is -0.160. The zero-order chi connectivity index (χ0) is 11.5. The molecule has 8 N–H and O–H groups in total. The average Bonchev–Trinajstić information content (AvgIpc) is 2.24. The van der Waals surface area contributed by atoms with Crippen LogP contribution in [0.2, 0.25) is 0 Å². The molecular weight excluding hydrogens is 188 g/mol. The summed E-state index contributed by atoms with van der Waals surface area (Å²) in [4.78, 5) is 0. The zero-order valence-electron chi connectivity index (χ0n) is 9.83. The van der Waals surface area contributed by atoms with E-state index in [1.807, 2.05) is 0 Å². The third-order valence-electron chi connectivity index (χ3n) is 2.72. The van der Waals surface area contributed by atoms with Crippen LogP contribution in [0.1, 0.15) is 44.9 Å². The molecule has 0 aliphatic rings. The first-order valence-corrected chi connectivity index (χ1v) is 6.12. The molecule has 4 nitrogen and oxygen atoms in total. The first kappa shape index (κ1) is 14.8. The second-order valence-electron chi connectivity index (χ2n) is 4.31. The molecule has 0 fully saturated rings. The molecule has 0 aliphatic carbocycles. The summed E-state index contributed by atoms with van der Waals surface area (Å²) in [5.74, 6) is 0. The third kappa shape index (κ3) is 10.1. The molecule has 0 saturated carbocycles. The van der Waals surface area contributed by atoms with E-state index in [9.17, 15) is 0 Å². The van der Waals surface area contributed by atoms with Crippen LogP contribution in [0.4, 0.5) is 0 Å². The van der Waals surface area contributed by atoms with Crippen LogP contribution < -0.4 is 22.9 Å². The molecule has 0 amide bonds. The summed E-state index contributed by atoms with van der Waals surface area (Å²) in [6, 6.07) is 0.564. The standard InChI is InChI=1S/C11H28N4/c12-8-2-1-4-10(14)6-7-11(15)5-3-9-13/h10-11H,1-9,12-15H2.